The van der Waals surface area contributed by atoms with Gasteiger partial charge in [-0.1, -0.05) is 150 Å². The van der Waals surface area contributed by atoms with Gasteiger partial charge in [-0.05, 0) is 156 Å². The Morgan fingerprint density at radius 3 is 2.06 bits per heavy atom. The number of rotatable bonds is 3. The minimum Gasteiger partial charge on any atom is -0.334 e. The topological polar surface area (TPSA) is 9.72 Å². The lowest BCUT2D eigenvalue weighted by Gasteiger charge is -2.54. The van der Waals surface area contributed by atoms with Crippen LogP contribution in [0.25, 0.3) is 0 Å². The molecule has 0 N–H and O–H groups in total. The molecule has 0 bridgehead atoms. The second-order valence-electron chi connectivity index (χ2n) is 22.3. The zero-order valence-corrected chi connectivity index (χ0v) is 39.5. The summed E-state index contributed by atoms with van der Waals surface area (Å²) in [6.45, 7) is 19.6. The first-order valence-corrected chi connectivity index (χ1v) is 24.5. The standard InChI is InChI=1S/C61H60BN3/c1-39-19-18-23-44(33-39)63-52-34-40(2)27-28-49(52)62-50-36-43(57(3,4)5)35-48-56(50)65(60(8)46-24-13-12-20-41(46)29-32-58(48,60)6)54-38-45(37-53(63)55(54)62)64-51-26-15-14-25-47(51)61(42-21-10-9-11-22-42)31-17-16-30-59(61,64)7/h9-15,18-28,33-38H,16-17,29-32H2,1-8H3. The largest absolute Gasteiger partial charge is 0.334 e. The molecule has 65 heavy (non-hydrogen) atoms. The third-order valence-corrected chi connectivity index (χ3v) is 18.0. The lowest BCUT2D eigenvalue weighted by atomic mass is 9.33. The molecule has 4 unspecified atom stereocenters. The summed E-state index contributed by atoms with van der Waals surface area (Å²) in [5.74, 6) is 0. The lowest BCUT2D eigenvalue weighted by molar-refractivity contribution is 0.215. The minimum absolute atomic E-state index is 0.0204. The van der Waals surface area contributed by atoms with Crippen molar-refractivity contribution in [3.05, 3.63) is 190 Å². The molecule has 7 aromatic rings. The molecule has 4 aliphatic heterocycles. The fourth-order valence-corrected chi connectivity index (χ4v) is 14.7. The molecule has 2 aliphatic carbocycles. The molecule has 0 aromatic heterocycles. The van der Waals surface area contributed by atoms with Crippen LogP contribution in [-0.2, 0) is 28.2 Å². The molecule has 322 valence electrons. The summed E-state index contributed by atoms with van der Waals surface area (Å²) in [5, 5.41) is 0. The van der Waals surface area contributed by atoms with Gasteiger partial charge < -0.3 is 14.7 Å². The number of hydrogen-bond acceptors (Lipinski definition) is 3. The quantitative estimate of drug-likeness (QED) is 0.164. The van der Waals surface area contributed by atoms with Crippen LogP contribution in [-0.4, -0.2) is 12.3 Å². The van der Waals surface area contributed by atoms with Crippen LogP contribution >= 0.6 is 0 Å². The third-order valence-electron chi connectivity index (χ3n) is 18.0. The Balaban J connectivity index is 1.19. The van der Waals surface area contributed by atoms with Gasteiger partial charge in [-0.25, -0.2) is 0 Å². The Hall–Kier alpha value is -6.00. The van der Waals surface area contributed by atoms with E-state index >= 15 is 0 Å². The summed E-state index contributed by atoms with van der Waals surface area (Å²) in [6, 6.07) is 57.6. The van der Waals surface area contributed by atoms with E-state index in [1.54, 1.807) is 0 Å². The van der Waals surface area contributed by atoms with Crippen LogP contribution in [0.1, 0.15) is 118 Å². The molecule has 1 saturated carbocycles. The second kappa shape index (κ2) is 13.1. The minimum atomic E-state index is -0.333. The predicted molar refractivity (Wildman–Crippen MR) is 275 cm³/mol. The summed E-state index contributed by atoms with van der Waals surface area (Å²) in [6.07, 6.45) is 6.87. The summed E-state index contributed by atoms with van der Waals surface area (Å²) >= 11 is 0. The van der Waals surface area contributed by atoms with E-state index in [-0.39, 0.29) is 34.0 Å². The molecular formula is C61H60BN3. The molecule has 6 aliphatic rings. The van der Waals surface area contributed by atoms with Crippen molar-refractivity contribution in [1.82, 2.24) is 0 Å². The van der Waals surface area contributed by atoms with E-state index in [0.29, 0.717) is 0 Å². The molecule has 0 spiro atoms. The molecule has 4 heterocycles. The van der Waals surface area contributed by atoms with Crippen molar-refractivity contribution in [2.75, 3.05) is 14.7 Å². The fourth-order valence-electron chi connectivity index (χ4n) is 14.7. The highest BCUT2D eigenvalue weighted by Crippen LogP contribution is 2.67. The predicted octanol–water partition coefficient (Wildman–Crippen LogP) is 13.3. The van der Waals surface area contributed by atoms with Gasteiger partial charge in [-0.3, -0.25) is 0 Å². The lowest BCUT2D eigenvalue weighted by Crippen LogP contribution is -2.64. The van der Waals surface area contributed by atoms with Crippen LogP contribution in [0.2, 0.25) is 0 Å². The van der Waals surface area contributed by atoms with Gasteiger partial charge in [0.25, 0.3) is 6.71 Å². The first-order chi connectivity index (χ1) is 31.3. The Morgan fingerprint density at radius 1 is 0.538 bits per heavy atom. The molecule has 0 amide bonds. The van der Waals surface area contributed by atoms with E-state index in [9.17, 15) is 0 Å². The van der Waals surface area contributed by atoms with Crippen molar-refractivity contribution in [3.63, 3.8) is 0 Å². The highest BCUT2D eigenvalue weighted by Gasteiger charge is 2.65. The second-order valence-corrected chi connectivity index (χ2v) is 22.3. The van der Waals surface area contributed by atoms with Crippen molar-refractivity contribution < 1.29 is 0 Å². The normalized spacial score (nSPS) is 25.3. The van der Waals surface area contributed by atoms with Crippen molar-refractivity contribution in [2.24, 2.45) is 0 Å². The van der Waals surface area contributed by atoms with E-state index in [1.807, 2.05) is 0 Å². The van der Waals surface area contributed by atoms with Crippen molar-refractivity contribution in [1.29, 1.82) is 0 Å². The monoisotopic (exact) mass is 845 g/mol. The van der Waals surface area contributed by atoms with Gasteiger partial charge in [-0.2, -0.15) is 0 Å². The highest BCUT2D eigenvalue weighted by molar-refractivity contribution is 7.00. The maximum absolute atomic E-state index is 2.91. The van der Waals surface area contributed by atoms with E-state index in [4.69, 9.17) is 0 Å². The Labute approximate surface area is 387 Å². The van der Waals surface area contributed by atoms with Gasteiger partial charge in [0.1, 0.15) is 0 Å². The zero-order valence-electron chi connectivity index (χ0n) is 39.5. The maximum atomic E-state index is 2.91. The molecule has 4 atom stereocenters. The first-order valence-electron chi connectivity index (χ1n) is 24.5. The Morgan fingerprint density at radius 2 is 1.26 bits per heavy atom. The smallest absolute Gasteiger partial charge is 0.252 e. The van der Waals surface area contributed by atoms with E-state index in [2.05, 4.69) is 216 Å². The third kappa shape index (κ3) is 4.83. The molecule has 3 nitrogen and oxygen atoms in total. The molecule has 4 heteroatoms. The fraction of sp³-hybridized carbons (Fsp3) is 0.311. The van der Waals surface area contributed by atoms with Crippen molar-refractivity contribution in [3.8, 4) is 0 Å². The van der Waals surface area contributed by atoms with Gasteiger partial charge in [0.15, 0.2) is 0 Å². The molecule has 13 rings (SSSR count). The van der Waals surface area contributed by atoms with Crippen molar-refractivity contribution >= 4 is 62.9 Å². The number of hydrogen-bond donors (Lipinski definition) is 0. The average molecular weight is 846 g/mol. The number of fused-ring (bicyclic) bond motifs is 12. The van der Waals surface area contributed by atoms with Gasteiger partial charge in [0.2, 0.25) is 0 Å². The van der Waals surface area contributed by atoms with Gasteiger partial charge in [0, 0.05) is 50.6 Å². The number of aryl methyl sites for hydroxylation is 3. The van der Waals surface area contributed by atoms with Crippen LogP contribution < -0.4 is 31.1 Å². The number of nitrogens with zero attached hydrogens (tertiary/aromatic N) is 3. The Bertz CT molecular complexity index is 3160. The number of para-hydroxylation sites is 1. The molecular weight excluding hydrogens is 786 g/mol. The number of benzene rings is 7. The molecule has 0 saturated heterocycles. The van der Waals surface area contributed by atoms with Gasteiger partial charge in [-0.15, -0.1) is 0 Å². The Kier molecular flexibility index (Phi) is 7.93. The van der Waals surface area contributed by atoms with Crippen LogP contribution in [0.4, 0.5) is 39.8 Å². The molecule has 0 radical (unpaired) electrons. The highest BCUT2D eigenvalue weighted by atomic mass is 15.3. The van der Waals surface area contributed by atoms with Crippen LogP contribution in [0.5, 0.6) is 0 Å². The maximum Gasteiger partial charge on any atom is 0.252 e. The van der Waals surface area contributed by atoms with Crippen LogP contribution in [0, 0.1) is 13.8 Å². The zero-order chi connectivity index (χ0) is 44.4. The number of anilines is 7. The summed E-state index contributed by atoms with van der Waals surface area (Å²) < 4.78 is 0. The average Bonchev–Trinajstić information content (AvgIpc) is 3.67. The first kappa shape index (κ1) is 39.4. The summed E-state index contributed by atoms with van der Waals surface area (Å²) in [4.78, 5) is 8.39. The van der Waals surface area contributed by atoms with Gasteiger partial charge in [0.05, 0.1) is 11.1 Å². The molecule has 7 aromatic carbocycles. The SMILES string of the molecule is Cc1cccc(N2c3cc(C)ccc3B3c4cc(C(C)(C)C)cc5c4N(c4cc(N6c7ccccc7C7(c8ccccc8)CCCCC67C)cc2c43)C2(C)c3ccccc3CCC52C)c1. The van der Waals surface area contributed by atoms with E-state index < -0.39 is 0 Å². The molecule has 1 fully saturated rings. The van der Waals surface area contributed by atoms with E-state index in [1.165, 1.54) is 114 Å². The van der Waals surface area contributed by atoms with Crippen molar-refractivity contribution in [2.45, 2.75) is 121 Å². The van der Waals surface area contributed by atoms with Gasteiger partial charge >= 0.3 is 0 Å². The van der Waals surface area contributed by atoms with Crippen LogP contribution in [0.15, 0.2) is 146 Å². The summed E-state index contributed by atoms with van der Waals surface area (Å²) in [5.41, 5.74) is 24.1. The summed E-state index contributed by atoms with van der Waals surface area (Å²) in [7, 11) is 0. The van der Waals surface area contributed by atoms with Crippen LogP contribution in [0.3, 0.4) is 0 Å². The van der Waals surface area contributed by atoms with E-state index in [0.717, 1.165) is 25.7 Å².